The summed E-state index contributed by atoms with van der Waals surface area (Å²) < 4.78 is 0. The predicted octanol–water partition coefficient (Wildman–Crippen LogP) is 3.91. The van der Waals surface area contributed by atoms with E-state index in [1.165, 1.54) is 5.56 Å². The molecule has 74 valence electrons. The molecule has 2 heteroatoms. The Morgan fingerprint density at radius 3 is 2.57 bits per heavy atom. The highest BCUT2D eigenvalue weighted by Gasteiger charge is 2.04. The Morgan fingerprint density at radius 2 is 2.00 bits per heavy atom. The molecule has 1 rings (SSSR count). The fraction of sp³-hybridized carbons (Fsp3) is 0.250. The molecule has 0 spiro atoms. The Bertz CT molecular complexity index is 392. The largest absolute Gasteiger partial charge is 0.262 e. The molecule has 14 heavy (non-hydrogen) atoms. The van der Waals surface area contributed by atoms with E-state index in [4.69, 9.17) is 11.6 Å². The van der Waals surface area contributed by atoms with Crippen LogP contribution in [0.25, 0.3) is 0 Å². The van der Waals surface area contributed by atoms with Gasteiger partial charge in [-0.15, -0.1) is 0 Å². The molecule has 1 aromatic carbocycles. The van der Waals surface area contributed by atoms with Crippen LogP contribution in [0.1, 0.15) is 23.6 Å². The topological polar surface area (TPSA) is 12.4 Å². The molecule has 0 fully saturated rings. The van der Waals surface area contributed by atoms with Gasteiger partial charge in [0.15, 0.2) is 0 Å². The van der Waals surface area contributed by atoms with Crippen LogP contribution in [0.3, 0.4) is 0 Å². The molecule has 0 aromatic heterocycles. The zero-order valence-corrected chi connectivity index (χ0v) is 9.52. The van der Waals surface area contributed by atoms with Crippen LogP contribution in [0.15, 0.2) is 29.9 Å². The standard InChI is InChI=1S/C12H14ClN/c1-5-14-10(4)11-7-12(13)9(3)6-8(11)2/h5-7H,1H2,2-4H3. The van der Waals surface area contributed by atoms with E-state index in [1.807, 2.05) is 19.9 Å². The zero-order valence-electron chi connectivity index (χ0n) is 8.76. The van der Waals surface area contributed by atoms with Gasteiger partial charge in [-0.2, -0.15) is 0 Å². The van der Waals surface area contributed by atoms with E-state index in [2.05, 4.69) is 24.6 Å². The molecular weight excluding hydrogens is 194 g/mol. The third kappa shape index (κ3) is 2.24. The minimum absolute atomic E-state index is 0.782. The van der Waals surface area contributed by atoms with Crippen LogP contribution in [-0.2, 0) is 0 Å². The van der Waals surface area contributed by atoms with Crippen molar-refractivity contribution in [3.05, 3.63) is 46.6 Å². The Labute approximate surface area is 90.1 Å². The predicted molar refractivity (Wildman–Crippen MR) is 63.3 cm³/mol. The van der Waals surface area contributed by atoms with E-state index in [0.717, 1.165) is 21.9 Å². The summed E-state index contributed by atoms with van der Waals surface area (Å²) in [4.78, 5) is 4.15. The second kappa shape index (κ2) is 4.43. The Kier molecular flexibility index (Phi) is 3.48. The van der Waals surface area contributed by atoms with E-state index >= 15 is 0 Å². The summed E-state index contributed by atoms with van der Waals surface area (Å²) >= 11 is 6.05. The lowest BCUT2D eigenvalue weighted by molar-refractivity contribution is 1.35. The van der Waals surface area contributed by atoms with E-state index in [0.29, 0.717) is 0 Å². The molecule has 0 heterocycles. The van der Waals surface area contributed by atoms with Crippen LogP contribution in [-0.4, -0.2) is 5.71 Å². The second-order valence-electron chi connectivity index (χ2n) is 3.31. The summed E-state index contributed by atoms with van der Waals surface area (Å²) in [5.74, 6) is 0. The first-order chi connectivity index (χ1) is 6.56. The Hall–Kier alpha value is -1.08. The highest BCUT2D eigenvalue weighted by atomic mass is 35.5. The van der Waals surface area contributed by atoms with Gasteiger partial charge in [0.05, 0.1) is 0 Å². The fourth-order valence-electron chi connectivity index (χ4n) is 1.42. The highest BCUT2D eigenvalue weighted by Crippen LogP contribution is 2.21. The minimum Gasteiger partial charge on any atom is -0.262 e. The third-order valence-electron chi connectivity index (χ3n) is 2.18. The van der Waals surface area contributed by atoms with Crippen molar-refractivity contribution in [1.29, 1.82) is 0 Å². The van der Waals surface area contributed by atoms with E-state index in [1.54, 1.807) is 6.20 Å². The van der Waals surface area contributed by atoms with Crippen molar-refractivity contribution in [1.82, 2.24) is 0 Å². The highest BCUT2D eigenvalue weighted by molar-refractivity contribution is 6.31. The summed E-state index contributed by atoms with van der Waals surface area (Å²) in [5, 5.41) is 0.782. The number of halogens is 1. The van der Waals surface area contributed by atoms with Crippen LogP contribution in [0.5, 0.6) is 0 Å². The van der Waals surface area contributed by atoms with Gasteiger partial charge in [-0.3, -0.25) is 4.99 Å². The van der Waals surface area contributed by atoms with Gasteiger partial charge in [-0.1, -0.05) is 24.2 Å². The van der Waals surface area contributed by atoms with Gasteiger partial charge in [0, 0.05) is 22.5 Å². The molecular formula is C12H14ClN. The summed E-state index contributed by atoms with van der Waals surface area (Å²) in [6.07, 6.45) is 1.54. The second-order valence-corrected chi connectivity index (χ2v) is 3.72. The van der Waals surface area contributed by atoms with Crippen molar-refractivity contribution < 1.29 is 0 Å². The smallest absolute Gasteiger partial charge is 0.0447 e. The van der Waals surface area contributed by atoms with Gasteiger partial charge < -0.3 is 0 Å². The van der Waals surface area contributed by atoms with E-state index < -0.39 is 0 Å². The number of hydrogen-bond acceptors (Lipinski definition) is 1. The van der Waals surface area contributed by atoms with Crippen LogP contribution in [0.4, 0.5) is 0 Å². The first-order valence-electron chi connectivity index (χ1n) is 4.48. The van der Waals surface area contributed by atoms with Gasteiger partial charge in [0.25, 0.3) is 0 Å². The van der Waals surface area contributed by atoms with Crippen molar-refractivity contribution in [3.63, 3.8) is 0 Å². The van der Waals surface area contributed by atoms with Gasteiger partial charge in [0.2, 0.25) is 0 Å². The molecule has 0 aliphatic heterocycles. The van der Waals surface area contributed by atoms with Crippen molar-refractivity contribution in [2.75, 3.05) is 0 Å². The molecule has 0 radical (unpaired) electrons. The quantitative estimate of drug-likeness (QED) is 0.652. The lowest BCUT2D eigenvalue weighted by Gasteiger charge is -2.07. The van der Waals surface area contributed by atoms with Crippen LogP contribution >= 0.6 is 11.6 Å². The van der Waals surface area contributed by atoms with Crippen molar-refractivity contribution in [3.8, 4) is 0 Å². The number of nitrogens with zero attached hydrogens (tertiary/aromatic N) is 1. The van der Waals surface area contributed by atoms with Gasteiger partial charge >= 0.3 is 0 Å². The van der Waals surface area contributed by atoms with Gasteiger partial charge in [-0.05, 0) is 38.0 Å². The fourth-order valence-corrected chi connectivity index (χ4v) is 1.59. The molecule has 1 aromatic rings. The number of benzene rings is 1. The number of rotatable bonds is 2. The number of aryl methyl sites for hydroxylation is 2. The molecule has 0 saturated carbocycles. The van der Waals surface area contributed by atoms with Gasteiger partial charge in [0.1, 0.15) is 0 Å². The first kappa shape index (κ1) is 11.0. The van der Waals surface area contributed by atoms with Crippen molar-refractivity contribution >= 4 is 17.3 Å². The molecule has 0 unspecified atom stereocenters. The zero-order chi connectivity index (χ0) is 10.7. The maximum Gasteiger partial charge on any atom is 0.0447 e. The van der Waals surface area contributed by atoms with E-state index in [9.17, 15) is 0 Å². The Morgan fingerprint density at radius 1 is 1.36 bits per heavy atom. The summed E-state index contributed by atoms with van der Waals surface area (Å²) in [6.45, 7) is 9.58. The maximum atomic E-state index is 6.05. The molecule has 0 N–H and O–H groups in total. The lowest BCUT2D eigenvalue weighted by atomic mass is 10.0. The van der Waals surface area contributed by atoms with Gasteiger partial charge in [-0.25, -0.2) is 0 Å². The molecule has 0 aliphatic carbocycles. The first-order valence-corrected chi connectivity index (χ1v) is 4.86. The maximum absolute atomic E-state index is 6.05. The minimum atomic E-state index is 0.782. The summed E-state index contributed by atoms with van der Waals surface area (Å²) in [5.41, 5.74) is 4.31. The normalized spacial score (nSPS) is 11.6. The van der Waals surface area contributed by atoms with Crippen LogP contribution < -0.4 is 0 Å². The van der Waals surface area contributed by atoms with E-state index in [-0.39, 0.29) is 0 Å². The Balaban J connectivity index is 3.29. The van der Waals surface area contributed by atoms with Crippen LogP contribution in [0.2, 0.25) is 5.02 Å². The van der Waals surface area contributed by atoms with Crippen molar-refractivity contribution in [2.24, 2.45) is 4.99 Å². The third-order valence-corrected chi connectivity index (χ3v) is 2.59. The molecule has 0 amide bonds. The van der Waals surface area contributed by atoms with Crippen LogP contribution in [0, 0.1) is 13.8 Å². The molecule has 1 nitrogen and oxygen atoms in total. The number of aliphatic imine (C=N–C) groups is 1. The van der Waals surface area contributed by atoms with Crippen molar-refractivity contribution in [2.45, 2.75) is 20.8 Å². The number of hydrogen-bond donors (Lipinski definition) is 0. The monoisotopic (exact) mass is 207 g/mol. The molecule has 0 aliphatic rings. The molecule has 0 saturated heterocycles. The average molecular weight is 208 g/mol. The summed E-state index contributed by atoms with van der Waals surface area (Å²) in [7, 11) is 0. The SMILES string of the molecule is C=CN=C(C)c1cc(Cl)c(C)cc1C. The lowest BCUT2D eigenvalue weighted by Crippen LogP contribution is -1.98. The summed E-state index contributed by atoms with van der Waals surface area (Å²) in [6, 6.07) is 4.02. The molecule has 0 bridgehead atoms. The average Bonchev–Trinajstić information content (AvgIpc) is 2.11. The molecule has 0 atom stereocenters.